The van der Waals surface area contributed by atoms with Crippen LogP contribution in [-0.2, 0) is 0 Å². The number of carbonyl (C=O) groups is 1. The van der Waals surface area contributed by atoms with E-state index in [-0.39, 0.29) is 17.3 Å². The zero-order chi connectivity index (χ0) is 19.2. The Kier molecular flexibility index (Phi) is 4.13. The van der Waals surface area contributed by atoms with E-state index in [2.05, 4.69) is 24.3 Å². The number of fused-ring (bicyclic) bond motifs is 1. The molecule has 1 atom stereocenters. The molecule has 3 N–H and O–H groups in total. The molecule has 1 aromatic carbocycles. The lowest BCUT2D eigenvalue weighted by molar-refractivity contribution is 0.100. The first-order valence-electron chi connectivity index (χ1n) is 9.19. The molecule has 1 fully saturated rings. The Labute approximate surface area is 157 Å². The van der Waals surface area contributed by atoms with Crippen molar-refractivity contribution < 1.29 is 9.18 Å². The Morgan fingerprint density at radius 1 is 1.30 bits per heavy atom. The van der Waals surface area contributed by atoms with Crippen molar-refractivity contribution in [3.05, 3.63) is 54.1 Å². The molecule has 0 radical (unpaired) electrons. The number of nitrogens with two attached hydrogens (primary N) is 1. The van der Waals surface area contributed by atoms with Crippen molar-refractivity contribution in [3.63, 3.8) is 0 Å². The molecule has 4 rings (SSSR count). The van der Waals surface area contributed by atoms with E-state index in [0.29, 0.717) is 11.3 Å². The van der Waals surface area contributed by atoms with Crippen LogP contribution < -0.4 is 11.1 Å². The van der Waals surface area contributed by atoms with Gasteiger partial charge in [-0.15, -0.1) is 0 Å². The molecule has 27 heavy (non-hydrogen) atoms. The summed E-state index contributed by atoms with van der Waals surface area (Å²) in [6.07, 6.45) is 6.72. The minimum absolute atomic E-state index is 0.140. The summed E-state index contributed by atoms with van der Waals surface area (Å²) >= 11 is 0. The first-order chi connectivity index (χ1) is 12.8. The first kappa shape index (κ1) is 17.5. The summed E-state index contributed by atoms with van der Waals surface area (Å²) in [5.74, 6) is -0.782. The summed E-state index contributed by atoms with van der Waals surface area (Å²) in [6.45, 7) is 4.48. The number of nitrogens with one attached hydrogen (secondary N) is 1. The molecule has 0 aliphatic heterocycles. The van der Waals surface area contributed by atoms with Gasteiger partial charge in [0, 0.05) is 17.8 Å². The third-order valence-electron chi connectivity index (χ3n) is 5.66. The van der Waals surface area contributed by atoms with Crippen LogP contribution in [0.3, 0.4) is 0 Å². The van der Waals surface area contributed by atoms with Crippen molar-refractivity contribution in [2.75, 3.05) is 5.32 Å². The molecule has 1 amide bonds. The van der Waals surface area contributed by atoms with Crippen molar-refractivity contribution in [1.82, 2.24) is 9.61 Å². The fraction of sp³-hybridized carbons (Fsp3) is 0.333. The van der Waals surface area contributed by atoms with Gasteiger partial charge in [0.25, 0.3) is 5.91 Å². The average molecular weight is 366 g/mol. The molecule has 0 bridgehead atoms. The summed E-state index contributed by atoms with van der Waals surface area (Å²) in [7, 11) is 0. The molecule has 1 aliphatic rings. The zero-order valence-electron chi connectivity index (χ0n) is 15.5. The van der Waals surface area contributed by atoms with E-state index in [1.807, 2.05) is 12.3 Å². The number of nitrogens with zero attached hydrogens (tertiary/aromatic N) is 2. The first-order valence-corrected chi connectivity index (χ1v) is 9.19. The summed E-state index contributed by atoms with van der Waals surface area (Å²) < 4.78 is 15.0. The van der Waals surface area contributed by atoms with E-state index >= 15 is 0 Å². The third-order valence-corrected chi connectivity index (χ3v) is 5.66. The molecule has 1 unspecified atom stereocenters. The molecular weight excluding hydrogens is 343 g/mol. The summed E-state index contributed by atoms with van der Waals surface area (Å²) in [5, 5.41) is 7.92. The van der Waals surface area contributed by atoms with Gasteiger partial charge in [0.1, 0.15) is 5.82 Å². The third kappa shape index (κ3) is 3.16. The molecule has 6 heteroatoms. The quantitative estimate of drug-likeness (QED) is 0.726. The average Bonchev–Trinajstić information content (AvgIpc) is 3.19. The predicted molar refractivity (Wildman–Crippen MR) is 104 cm³/mol. The molecule has 2 aromatic heterocycles. The van der Waals surface area contributed by atoms with Crippen LogP contribution in [0.25, 0.3) is 16.6 Å². The van der Waals surface area contributed by atoms with Gasteiger partial charge in [-0.1, -0.05) is 32.4 Å². The standard InChI is InChI=1S/C21H23FN4O/c1-21(2)9-3-4-18(21)25-19-16(20(23)27)11-24-26-12-14(10-17(19)26)13-5-7-15(22)8-6-13/h5-8,10-12,18,25H,3-4,9H2,1-2H3,(H2,23,27). The predicted octanol–water partition coefficient (Wildman–Crippen LogP) is 4.23. The van der Waals surface area contributed by atoms with E-state index < -0.39 is 5.91 Å². The maximum Gasteiger partial charge on any atom is 0.252 e. The van der Waals surface area contributed by atoms with Crippen LogP contribution in [0, 0.1) is 11.2 Å². The Balaban J connectivity index is 1.82. The highest BCUT2D eigenvalue weighted by atomic mass is 19.1. The lowest BCUT2D eigenvalue weighted by Crippen LogP contribution is -2.32. The van der Waals surface area contributed by atoms with Crippen molar-refractivity contribution in [3.8, 4) is 11.1 Å². The highest BCUT2D eigenvalue weighted by Gasteiger charge is 2.35. The number of amides is 1. The molecule has 3 aromatic rings. The number of anilines is 1. The van der Waals surface area contributed by atoms with Crippen LogP contribution in [0.2, 0.25) is 0 Å². The van der Waals surface area contributed by atoms with E-state index in [9.17, 15) is 9.18 Å². The van der Waals surface area contributed by atoms with E-state index in [1.54, 1.807) is 16.6 Å². The minimum atomic E-state index is -0.507. The maximum atomic E-state index is 13.2. The molecule has 0 saturated heterocycles. The van der Waals surface area contributed by atoms with Crippen molar-refractivity contribution in [2.24, 2.45) is 11.1 Å². The maximum absolute atomic E-state index is 13.2. The lowest BCUT2D eigenvalue weighted by Gasteiger charge is -2.29. The molecule has 1 aliphatic carbocycles. The molecular formula is C21H23FN4O. The zero-order valence-corrected chi connectivity index (χ0v) is 15.5. The number of hydrogen-bond donors (Lipinski definition) is 2. The van der Waals surface area contributed by atoms with Gasteiger partial charge in [0.05, 0.1) is 23.0 Å². The molecule has 5 nitrogen and oxygen atoms in total. The number of hydrogen-bond acceptors (Lipinski definition) is 3. The van der Waals surface area contributed by atoms with Crippen molar-refractivity contribution >= 4 is 17.1 Å². The Morgan fingerprint density at radius 3 is 2.67 bits per heavy atom. The molecule has 0 spiro atoms. The van der Waals surface area contributed by atoms with Gasteiger partial charge in [-0.05, 0) is 42.0 Å². The van der Waals surface area contributed by atoms with E-state index in [0.717, 1.165) is 35.9 Å². The highest BCUT2D eigenvalue weighted by molar-refractivity contribution is 6.02. The lowest BCUT2D eigenvalue weighted by atomic mass is 9.87. The van der Waals surface area contributed by atoms with Crippen LogP contribution >= 0.6 is 0 Å². The second-order valence-electron chi connectivity index (χ2n) is 7.94. The Bertz CT molecular complexity index is 1010. The van der Waals surface area contributed by atoms with Gasteiger partial charge in [0.2, 0.25) is 0 Å². The Morgan fingerprint density at radius 2 is 2.04 bits per heavy atom. The number of halogens is 1. The van der Waals surface area contributed by atoms with Crippen LogP contribution in [0.1, 0.15) is 43.5 Å². The topological polar surface area (TPSA) is 72.4 Å². The Hall–Kier alpha value is -2.89. The second-order valence-corrected chi connectivity index (χ2v) is 7.94. The number of carbonyl (C=O) groups excluding carboxylic acids is 1. The van der Waals surface area contributed by atoms with Gasteiger partial charge in [-0.2, -0.15) is 5.10 Å². The van der Waals surface area contributed by atoms with Crippen LogP contribution in [0.15, 0.2) is 42.7 Å². The summed E-state index contributed by atoms with van der Waals surface area (Å²) in [6, 6.07) is 8.53. The van der Waals surface area contributed by atoms with Crippen LogP contribution in [0.4, 0.5) is 10.1 Å². The van der Waals surface area contributed by atoms with Gasteiger partial charge in [0.15, 0.2) is 0 Å². The molecule has 2 heterocycles. The fourth-order valence-corrected chi connectivity index (χ4v) is 3.96. The smallest absolute Gasteiger partial charge is 0.252 e. The van der Waals surface area contributed by atoms with Crippen LogP contribution in [-0.4, -0.2) is 21.6 Å². The summed E-state index contributed by atoms with van der Waals surface area (Å²) in [5.41, 5.74) is 9.42. The molecule has 1 saturated carbocycles. The summed E-state index contributed by atoms with van der Waals surface area (Å²) in [4.78, 5) is 12.0. The van der Waals surface area contributed by atoms with Gasteiger partial charge in [-0.25, -0.2) is 8.91 Å². The van der Waals surface area contributed by atoms with Crippen molar-refractivity contribution in [1.29, 1.82) is 0 Å². The SMILES string of the molecule is CC1(C)CCCC1Nc1c(C(N)=O)cnn2cc(-c3ccc(F)cc3)cc12. The number of primary amides is 1. The monoisotopic (exact) mass is 366 g/mol. The van der Waals surface area contributed by atoms with Gasteiger partial charge < -0.3 is 11.1 Å². The number of benzene rings is 1. The van der Waals surface area contributed by atoms with E-state index in [4.69, 9.17) is 5.73 Å². The van der Waals surface area contributed by atoms with Crippen molar-refractivity contribution in [2.45, 2.75) is 39.2 Å². The fourth-order valence-electron chi connectivity index (χ4n) is 3.96. The second kappa shape index (κ2) is 6.37. The largest absolute Gasteiger partial charge is 0.379 e. The minimum Gasteiger partial charge on any atom is -0.379 e. The van der Waals surface area contributed by atoms with Gasteiger partial charge >= 0.3 is 0 Å². The normalized spacial score (nSPS) is 18.7. The number of aromatic nitrogens is 2. The van der Waals surface area contributed by atoms with E-state index in [1.165, 1.54) is 18.3 Å². The van der Waals surface area contributed by atoms with Crippen LogP contribution in [0.5, 0.6) is 0 Å². The number of rotatable bonds is 4. The highest BCUT2D eigenvalue weighted by Crippen LogP contribution is 2.40. The van der Waals surface area contributed by atoms with Gasteiger partial charge in [-0.3, -0.25) is 4.79 Å². The molecule has 140 valence electrons.